The van der Waals surface area contributed by atoms with Gasteiger partial charge in [-0.2, -0.15) is 0 Å². The molecule has 0 bridgehead atoms. The molecule has 0 aromatic heterocycles. The number of halogens is 1. The van der Waals surface area contributed by atoms with E-state index in [4.69, 9.17) is 0 Å². The number of carbonyl (C=O) groups is 2. The Morgan fingerprint density at radius 3 is 2.53 bits per heavy atom. The minimum absolute atomic E-state index is 0.155. The Hall–Kier alpha value is -1.91. The molecule has 1 aromatic carbocycles. The van der Waals surface area contributed by atoms with Crippen LogP contribution in [-0.4, -0.2) is 24.5 Å². The van der Waals surface area contributed by atoms with Crippen LogP contribution in [0.15, 0.2) is 24.3 Å². The number of hydrogen-bond acceptors (Lipinski definition) is 3. The highest BCUT2D eigenvalue weighted by molar-refractivity contribution is 5.97. The van der Waals surface area contributed by atoms with Gasteiger partial charge in [-0.25, -0.2) is 9.18 Å². The first-order chi connectivity index (χ1) is 7.86. The van der Waals surface area contributed by atoms with E-state index < -0.39 is 23.2 Å². The van der Waals surface area contributed by atoms with Gasteiger partial charge >= 0.3 is 5.97 Å². The van der Waals surface area contributed by atoms with Gasteiger partial charge in [0.25, 0.3) is 5.91 Å². The molecule has 0 atom stereocenters. The molecule has 0 saturated carbocycles. The number of benzene rings is 1. The number of nitrogens with one attached hydrogen (secondary N) is 1. The normalized spacial score (nSPS) is 10.8. The molecular weight excluding hydrogens is 225 g/mol. The highest BCUT2D eigenvalue weighted by Gasteiger charge is 2.30. The van der Waals surface area contributed by atoms with Crippen molar-refractivity contribution in [2.45, 2.75) is 19.4 Å². The summed E-state index contributed by atoms with van der Waals surface area (Å²) >= 11 is 0. The molecule has 0 aliphatic rings. The summed E-state index contributed by atoms with van der Waals surface area (Å²) in [6.45, 7) is 3.02. The first-order valence-corrected chi connectivity index (χ1v) is 5.03. The topological polar surface area (TPSA) is 55.4 Å². The van der Waals surface area contributed by atoms with Crippen molar-refractivity contribution in [3.05, 3.63) is 35.6 Å². The zero-order chi connectivity index (χ0) is 13.1. The maximum Gasteiger partial charge on any atom is 0.330 e. The maximum atomic E-state index is 12.9. The maximum absolute atomic E-state index is 12.9. The van der Waals surface area contributed by atoms with E-state index in [1.54, 1.807) is 0 Å². The average molecular weight is 239 g/mol. The number of rotatable bonds is 3. The molecule has 92 valence electrons. The van der Waals surface area contributed by atoms with Gasteiger partial charge in [0.1, 0.15) is 11.4 Å². The van der Waals surface area contributed by atoms with Crippen LogP contribution in [0.25, 0.3) is 0 Å². The molecular formula is C12H14FNO3. The molecule has 0 unspecified atom stereocenters. The molecule has 0 saturated heterocycles. The van der Waals surface area contributed by atoms with E-state index in [9.17, 15) is 14.0 Å². The van der Waals surface area contributed by atoms with Crippen LogP contribution < -0.4 is 5.32 Å². The molecule has 17 heavy (non-hydrogen) atoms. The number of amides is 1. The standard InChI is InChI=1S/C12H14FNO3/c1-12(2,11(16)17-3)14-10(15)8-5-4-6-9(13)7-8/h4-7H,1-3H3,(H,14,15). The minimum atomic E-state index is -1.15. The lowest BCUT2D eigenvalue weighted by Gasteiger charge is -2.23. The Morgan fingerprint density at radius 1 is 1.35 bits per heavy atom. The predicted octanol–water partition coefficient (Wildman–Crippen LogP) is 1.51. The second-order valence-electron chi connectivity index (χ2n) is 4.08. The van der Waals surface area contributed by atoms with Crippen LogP contribution in [0.2, 0.25) is 0 Å². The lowest BCUT2D eigenvalue weighted by Crippen LogP contribution is -2.50. The Labute approximate surface area is 98.8 Å². The van der Waals surface area contributed by atoms with Crippen LogP contribution in [0.5, 0.6) is 0 Å². The summed E-state index contributed by atoms with van der Waals surface area (Å²) in [6.07, 6.45) is 0. The zero-order valence-electron chi connectivity index (χ0n) is 9.91. The van der Waals surface area contributed by atoms with Crippen molar-refractivity contribution in [3.63, 3.8) is 0 Å². The Bertz CT molecular complexity index is 443. The van der Waals surface area contributed by atoms with Crippen LogP contribution in [0, 0.1) is 5.82 Å². The van der Waals surface area contributed by atoms with Gasteiger partial charge in [0.05, 0.1) is 7.11 Å². The van der Waals surface area contributed by atoms with Gasteiger partial charge in [-0.15, -0.1) is 0 Å². The van der Waals surface area contributed by atoms with E-state index in [2.05, 4.69) is 10.1 Å². The third-order valence-electron chi connectivity index (χ3n) is 2.21. The molecule has 0 fully saturated rings. The van der Waals surface area contributed by atoms with Crippen LogP contribution in [0.4, 0.5) is 4.39 Å². The third kappa shape index (κ3) is 3.27. The second-order valence-corrected chi connectivity index (χ2v) is 4.08. The van der Waals surface area contributed by atoms with Crippen LogP contribution in [0.3, 0.4) is 0 Å². The van der Waals surface area contributed by atoms with Gasteiger partial charge in [-0.1, -0.05) is 6.07 Å². The second kappa shape index (κ2) is 4.95. The van der Waals surface area contributed by atoms with Crippen molar-refractivity contribution in [3.8, 4) is 0 Å². The molecule has 0 heterocycles. The molecule has 0 spiro atoms. The van der Waals surface area contributed by atoms with Gasteiger partial charge in [-0.3, -0.25) is 4.79 Å². The van der Waals surface area contributed by atoms with E-state index in [0.717, 1.165) is 6.07 Å². The molecule has 1 amide bonds. The smallest absolute Gasteiger partial charge is 0.330 e. The van der Waals surface area contributed by atoms with E-state index in [0.29, 0.717) is 0 Å². The number of esters is 1. The molecule has 5 heteroatoms. The van der Waals surface area contributed by atoms with Crippen molar-refractivity contribution in [2.24, 2.45) is 0 Å². The quantitative estimate of drug-likeness (QED) is 0.813. The van der Waals surface area contributed by atoms with Crippen molar-refractivity contribution in [1.82, 2.24) is 5.32 Å². The predicted molar refractivity (Wildman–Crippen MR) is 60.0 cm³/mol. The van der Waals surface area contributed by atoms with Crippen LogP contribution in [0.1, 0.15) is 24.2 Å². The summed E-state index contributed by atoms with van der Waals surface area (Å²) in [4.78, 5) is 23.1. The molecule has 1 rings (SSSR count). The summed E-state index contributed by atoms with van der Waals surface area (Å²) in [5, 5.41) is 2.47. The van der Waals surface area contributed by atoms with Crippen molar-refractivity contribution in [1.29, 1.82) is 0 Å². The summed E-state index contributed by atoms with van der Waals surface area (Å²) in [5.41, 5.74) is -1.00. The fraction of sp³-hybridized carbons (Fsp3) is 0.333. The lowest BCUT2D eigenvalue weighted by molar-refractivity contribution is -0.146. The lowest BCUT2D eigenvalue weighted by atomic mass is 10.1. The third-order valence-corrected chi connectivity index (χ3v) is 2.21. The average Bonchev–Trinajstić information content (AvgIpc) is 2.27. The molecule has 1 N–H and O–H groups in total. The fourth-order valence-corrected chi connectivity index (χ4v) is 1.29. The monoisotopic (exact) mass is 239 g/mol. The number of methoxy groups -OCH3 is 1. The number of carbonyl (C=O) groups excluding carboxylic acids is 2. The van der Waals surface area contributed by atoms with Gasteiger partial charge in [0.15, 0.2) is 0 Å². The summed E-state index contributed by atoms with van der Waals surface area (Å²) < 4.78 is 17.5. The van der Waals surface area contributed by atoms with E-state index in [1.165, 1.54) is 39.2 Å². The zero-order valence-corrected chi connectivity index (χ0v) is 9.91. The van der Waals surface area contributed by atoms with E-state index in [-0.39, 0.29) is 5.56 Å². The minimum Gasteiger partial charge on any atom is -0.467 e. The number of hydrogen-bond donors (Lipinski definition) is 1. The largest absolute Gasteiger partial charge is 0.467 e. The summed E-state index contributed by atoms with van der Waals surface area (Å²) in [6, 6.07) is 5.23. The van der Waals surface area contributed by atoms with E-state index in [1.807, 2.05) is 0 Å². The molecule has 0 aliphatic heterocycles. The molecule has 4 nitrogen and oxygen atoms in total. The Morgan fingerprint density at radius 2 is 2.00 bits per heavy atom. The molecule has 0 radical (unpaired) electrons. The number of ether oxygens (including phenoxy) is 1. The SMILES string of the molecule is COC(=O)C(C)(C)NC(=O)c1cccc(F)c1. The van der Waals surface area contributed by atoms with Gasteiger partial charge < -0.3 is 10.1 Å². The fourth-order valence-electron chi connectivity index (χ4n) is 1.29. The van der Waals surface area contributed by atoms with Gasteiger partial charge in [0, 0.05) is 5.56 Å². The van der Waals surface area contributed by atoms with Gasteiger partial charge in [-0.05, 0) is 32.0 Å². The van der Waals surface area contributed by atoms with Crippen LogP contribution >= 0.6 is 0 Å². The summed E-state index contributed by atoms with van der Waals surface area (Å²) in [5.74, 6) is -1.60. The Kier molecular flexibility index (Phi) is 3.83. The van der Waals surface area contributed by atoms with E-state index >= 15 is 0 Å². The first kappa shape index (κ1) is 13.2. The van der Waals surface area contributed by atoms with Crippen molar-refractivity contribution >= 4 is 11.9 Å². The molecule has 0 aliphatic carbocycles. The van der Waals surface area contributed by atoms with Crippen LogP contribution in [-0.2, 0) is 9.53 Å². The van der Waals surface area contributed by atoms with Crippen molar-refractivity contribution < 1.29 is 18.7 Å². The molecule has 1 aromatic rings. The Balaban J connectivity index is 2.83. The first-order valence-electron chi connectivity index (χ1n) is 5.03. The van der Waals surface area contributed by atoms with Crippen molar-refractivity contribution in [2.75, 3.05) is 7.11 Å². The highest BCUT2D eigenvalue weighted by atomic mass is 19.1. The highest BCUT2D eigenvalue weighted by Crippen LogP contribution is 2.08. The summed E-state index contributed by atoms with van der Waals surface area (Å²) in [7, 11) is 1.23. The van der Waals surface area contributed by atoms with Gasteiger partial charge in [0.2, 0.25) is 0 Å².